The van der Waals surface area contributed by atoms with Crippen molar-refractivity contribution in [2.24, 2.45) is 0 Å². The van der Waals surface area contributed by atoms with Crippen LogP contribution in [0.1, 0.15) is 15.9 Å². The first kappa shape index (κ1) is 14.8. The number of benzene rings is 1. The fraction of sp³-hybridized carbons (Fsp3) is 0.0667. The van der Waals surface area contributed by atoms with E-state index < -0.39 is 5.91 Å². The zero-order chi connectivity index (χ0) is 15.7. The summed E-state index contributed by atoms with van der Waals surface area (Å²) in [6.07, 6.45) is 3.27. The molecule has 0 fully saturated rings. The SMILES string of the molecule is O=C(NO)c1cnc2ccn(Cc3ccc(Cl)cc3Cl)c2c1. The normalized spacial score (nSPS) is 10.9. The van der Waals surface area contributed by atoms with Crippen LogP contribution in [0.3, 0.4) is 0 Å². The van der Waals surface area contributed by atoms with Gasteiger partial charge in [0.15, 0.2) is 0 Å². The van der Waals surface area contributed by atoms with Gasteiger partial charge in [-0.15, -0.1) is 0 Å². The quantitative estimate of drug-likeness (QED) is 0.568. The summed E-state index contributed by atoms with van der Waals surface area (Å²) in [6, 6.07) is 8.83. The predicted molar refractivity (Wildman–Crippen MR) is 84.5 cm³/mol. The summed E-state index contributed by atoms with van der Waals surface area (Å²) in [7, 11) is 0. The average Bonchev–Trinajstić information content (AvgIpc) is 2.91. The highest BCUT2D eigenvalue weighted by Crippen LogP contribution is 2.24. The highest BCUT2D eigenvalue weighted by molar-refractivity contribution is 6.35. The molecule has 0 aliphatic rings. The lowest BCUT2D eigenvalue weighted by Gasteiger charge is -2.08. The molecule has 2 aromatic heterocycles. The minimum absolute atomic E-state index is 0.275. The maximum Gasteiger partial charge on any atom is 0.276 e. The lowest BCUT2D eigenvalue weighted by Crippen LogP contribution is -2.18. The van der Waals surface area contributed by atoms with Crippen molar-refractivity contribution in [2.45, 2.75) is 6.54 Å². The monoisotopic (exact) mass is 335 g/mol. The molecule has 1 aromatic carbocycles. The molecule has 3 aromatic rings. The van der Waals surface area contributed by atoms with Gasteiger partial charge in [-0.05, 0) is 29.8 Å². The van der Waals surface area contributed by atoms with Gasteiger partial charge >= 0.3 is 0 Å². The second kappa shape index (κ2) is 5.96. The lowest BCUT2D eigenvalue weighted by atomic mass is 10.2. The van der Waals surface area contributed by atoms with Gasteiger partial charge in [0.2, 0.25) is 0 Å². The molecular formula is C15H11Cl2N3O2. The molecule has 112 valence electrons. The summed E-state index contributed by atoms with van der Waals surface area (Å²) in [5, 5.41) is 9.87. The second-order valence-electron chi connectivity index (χ2n) is 4.75. The molecule has 0 spiro atoms. The number of halogens is 2. The van der Waals surface area contributed by atoms with E-state index >= 15 is 0 Å². The molecule has 1 amide bonds. The number of carbonyl (C=O) groups excluding carboxylic acids is 1. The van der Waals surface area contributed by atoms with E-state index in [-0.39, 0.29) is 5.56 Å². The van der Waals surface area contributed by atoms with Crippen LogP contribution in [0.25, 0.3) is 11.0 Å². The van der Waals surface area contributed by atoms with E-state index in [2.05, 4.69) is 4.98 Å². The molecule has 0 radical (unpaired) electrons. The van der Waals surface area contributed by atoms with E-state index in [1.165, 1.54) is 6.20 Å². The summed E-state index contributed by atoms with van der Waals surface area (Å²) in [6.45, 7) is 0.519. The van der Waals surface area contributed by atoms with Crippen LogP contribution in [0.2, 0.25) is 10.0 Å². The minimum atomic E-state index is -0.605. The first-order valence-corrected chi connectivity index (χ1v) is 7.17. The van der Waals surface area contributed by atoms with Crippen LogP contribution >= 0.6 is 23.2 Å². The van der Waals surface area contributed by atoms with Gasteiger partial charge in [-0.1, -0.05) is 29.3 Å². The first-order valence-electron chi connectivity index (χ1n) is 6.42. The molecule has 3 rings (SSSR count). The largest absolute Gasteiger partial charge is 0.342 e. The minimum Gasteiger partial charge on any atom is -0.342 e. The summed E-state index contributed by atoms with van der Waals surface area (Å²) in [4.78, 5) is 15.7. The van der Waals surface area contributed by atoms with E-state index in [0.29, 0.717) is 16.6 Å². The Balaban J connectivity index is 2.01. The van der Waals surface area contributed by atoms with E-state index in [4.69, 9.17) is 28.4 Å². The highest BCUT2D eigenvalue weighted by atomic mass is 35.5. The van der Waals surface area contributed by atoms with Crippen molar-refractivity contribution in [3.05, 3.63) is 63.9 Å². The van der Waals surface area contributed by atoms with E-state index in [0.717, 1.165) is 16.6 Å². The van der Waals surface area contributed by atoms with Crippen LogP contribution < -0.4 is 5.48 Å². The van der Waals surface area contributed by atoms with E-state index in [1.54, 1.807) is 23.7 Å². The zero-order valence-electron chi connectivity index (χ0n) is 11.3. The third-order valence-corrected chi connectivity index (χ3v) is 3.93. The Labute approximate surface area is 136 Å². The maximum absolute atomic E-state index is 11.5. The third-order valence-electron chi connectivity index (χ3n) is 3.34. The van der Waals surface area contributed by atoms with Gasteiger partial charge < -0.3 is 4.57 Å². The smallest absolute Gasteiger partial charge is 0.276 e. The molecule has 5 nitrogen and oxygen atoms in total. The number of aromatic nitrogens is 2. The Kier molecular flexibility index (Phi) is 4.02. The number of pyridine rings is 1. The Bertz CT molecular complexity index is 861. The lowest BCUT2D eigenvalue weighted by molar-refractivity contribution is 0.0706. The number of nitrogens with one attached hydrogen (secondary N) is 1. The molecule has 0 saturated carbocycles. The Morgan fingerprint density at radius 2 is 2.09 bits per heavy atom. The van der Waals surface area contributed by atoms with Crippen LogP contribution in [0, 0.1) is 0 Å². The van der Waals surface area contributed by atoms with Gasteiger partial charge in [-0.3, -0.25) is 15.0 Å². The van der Waals surface area contributed by atoms with Crippen molar-refractivity contribution >= 4 is 40.1 Å². The van der Waals surface area contributed by atoms with Gasteiger partial charge in [0.25, 0.3) is 5.91 Å². The van der Waals surface area contributed by atoms with Gasteiger partial charge in [0.05, 0.1) is 16.6 Å². The molecule has 0 aliphatic carbocycles. The number of hydrogen-bond acceptors (Lipinski definition) is 3. The number of amides is 1. The molecule has 0 atom stereocenters. The van der Waals surface area contributed by atoms with Crippen LogP contribution in [-0.4, -0.2) is 20.7 Å². The number of rotatable bonds is 3. The Morgan fingerprint density at radius 1 is 1.27 bits per heavy atom. The standard InChI is InChI=1S/C15H11Cl2N3O2/c16-11-2-1-9(12(17)6-11)8-20-4-3-13-14(20)5-10(7-18-13)15(21)19-22/h1-7,22H,8H2,(H,19,21). The molecule has 0 aliphatic heterocycles. The van der Waals surface area contributed by atoms with Crippen molar-refractivity contribution in [1.29, 1.82) is 0 Å². The molecule has 2 N–H and O–H groups in total. The maximum atomic E-state index is 11.5. The summed E-state index contributed by atoms with van der Waals surface area (Å²) >= 11 is 12.1. The van der Waals surface area contributed by atoms with Crippen molar-refractivity contribution in [3.8, 4) is 0 Å². The van der Waals surface area contributed by atoms with Crippen LogP contribution in [-0.2, 0) is 6.54 Å². The van der Waals surface area contributed by atoms with Crippen LogP contribution in [0.4, 0.5) is 0 Å². The van der Waals surface area contributed by atoms with Crippen LogP contribution in [0.5, 0.6) is 0 Å². The third kappa shape index (κ3) is 2.78. The molecule has 0 unspecified atom stereocenters. The Hall–Kier alpha value is -2.08. The topological polar surface area (TPSA) is 67.2 Å². The first-order chi connectivity index (χ1) is 10.6. The fourth-order valence-electron chi connectivity index (χ4n) is 2.22. The van der Waals surface area contributed by atoms with Crippen molar-refractivity contribution < 1.29 is 10.0 Å². The summed E-state index contributed by atoms with van der Waals surface area (Å²) in [5.74, 6) is -0.605. The number of hydrogen-bond donors (Lipinski definition) is 2. The van der Waals surface area contributed by atoms with Crippen molar-refractivity contribution in [2.75, 3.05) is 0 Å². The van der Waals surface area contributed by atoms with Gasteiger partial charge in [0.1, 0.15) is 0 Å². The second-order valence-corrected chi connectivity index (χ2v) is 5.59. The highest BCUT2D eigenvalue weighted by Gasteiger charge is 2.10. The predicted octanol–water partition coefficient (Wildman–Crippen LogP) is 3.51. The summed E-state index contributed by atoms with van der Waals surface area (Å²) < 4.78 is 1.92. The van der Waals surface area contributed by atoms with E-state index in [1.807, 2.05) is 22.9 Å². The molecule has 0 saturated heterocycles. The van der Waals surface area contributed by atoms with Crippen molar-refractivity contribution in [3.63, 3.8) is 0 Å². The van der Waals surface area contributed by atoms with E-state index in [9.17, 15) is 4.79 Å². The average molecular weight is 336 g/mol. The molecule has 0 bridgehead atoms. The number of hydroxylamine groups is 1. The number of nitrogens with zero attached hydrogens (tertiary/aromatic N) is 2. The molecule has 22 heavy (non-hydrogen) atoms. The van der Waals surface area contributed by atoms with Crippen LogP contribution in [0.15, 0.2) is 42.7 Å². The summed E-state index contributed by atoms with van der Waals surface area (Å²) in [5.41, 5.74) is 4.30. The van der Waals surface area contributed by atoms with Crippen molar-refractivity contribution in [1.82, 2.24) is 15.0 Å². The van der Waals surface area contributed by atoms with Gasteiger partial charge in [-0.25, -0.2) is 5.48 Å². The Morgan fingerprint density at radius 3 is 2.82 bits per heavy atom. The molecular weight excluding hydrogens is 325 g/mol. The molecule has 7 heteroatoms. The fourth-order valence-corrected chi connectivity index (χ4v) is 2.69. The molecule has 2 heterocycles. The van der Waals surface area contributed by atoms with Gasteiger partial charge in [-0.2, -0.15) is 0 Å². The van der Waals surface area contributed by atoms with Gasteiger partial charge in [0, 0.05) is 29.0 Å². The number of fused-ring (bicyclic) bond motifs is 1. The number of carbonyl (C=O) groups is 1. The zero-order valence-corrected chi connectivity index (χ0v) is 12.8.